The van der Waals surface area contributed by atoms with Crippen molar-refractivity contribution in [2.45, 2.75) is 123 Å². The van der Waals surface area contributed by atoms with E-state index in [9.17, 15) is 20.1 Å². The molecule has 1 heterocycles. The van der Waals surface area contributed by atoms with Gasteiger partial charge in [0.1, 0.15) is 23.4 Å². The second kappa shape index (κ2) is 18.1. The van der Waals surface area contributed by atoms with Crippen LogP contribution in [0.15, 0.2) is 54.6 Å². The minimum atomic E-state index is -0.735. The van der Waals surface area contributed by atoms with E-state index in [2.05, 4.69) is 31.2 Å². The maximum absolute atomic E-state index is 12.9. The molecule has 2 aromatic carbocycles. The Morgan fingerprint density at radius 3 is 2.28 bits per heavy atom. The van der Waals surface area contributed by atoms with Gasteiger partial charge in [-0.2, -0.15) is 0 Å². The summed E-state index contributed by atoms with van der Waals surface area (Å²) >= 11 is 0. The maximum Gasteiger partial charge on any atom is 0.306 e. The van der Waals surface area contributed by atoms with Gasteiger partial charge in [-0.15, -0.1) is 0 Å². The van der Waals surface area contributed by atoms with Crippen molar-refractivity contribution in [1.82, 2.24) is 0 Å². The van der Waals surface area contributed by atoms with E-state index in [1.807, 2.05) is 13.8 Å². The Balaban J connectivity index is 1.47. The molecule has 0 radical (unpaired) electrons. The van der Waals surface area contributed by atoms with Crippen LogP contribution in [0.1, 0.15) is 115 Å². The monoisotopic (exact) mass is 594 g/mol. The summed E-state index contributed by atoms with van der Waals surface area (Å²) in [7, 11) is 0. The van der Waals surface area contributed by atoms with Crippen LogP contribution < -0.4 is 9.47 Å². The summed E-state index contributed by atoms with van der Waals surface area (Å²) in [5.41, 5.74) is 1.08. The van der Waals surface area contributed by atoms with Gasteiger partial charge in [0, 0.05) is 36.1 Å². The Bertz CT molecular complexity index is 1200. The van der Waals surface area contributed by atoms with Crippen molar-refractivity contribution in [2.24, 2.45) is 0 Å². The zero-order valence-corrected chi connectivity index (χ0v) is 26.1. The van der Waals surface area contributed by atoms with Crippen LogP contribution in [-0.4, -0.2) is 33.5 Å². The van der Waals surface area contributed by atoms with Crippen LogP contribution in [0.4, 0.5) is 0 Å². The van der Waals surface area contributed by atoms with Crippen LogP contribution in [-0.2, 0) is 16.0 Å². The Morgan fingerprint density at radius 1 is 0.884 bits per heavy atom. The summed E-state index contributed by atoms with van der Waals surface area (Å²) in [5, 5.41) is 30.6. The minimum absolute atomic E-state index is 0.00919. The molecular weight excluding hydrogens is 544 g/mol. The predicted octanol–water partition coefficient (Wildman–Crippen LogP) is 8.99. The highest BCUT2D eigenvalue weighted by Crippen LogP contribution is 2.44. The van der Waals surface area contributed by atoms with Crippen molar-refractivity contribution in [3.05, 3.63) is 65.8 Å². The van der Waals surface area contributed by atoms with Crippen molar-refractivity contribution >= 4 is 5.97 Å². The van der Waals surface area contributed by atoms with Crippen LogP contribution in [0.25, 0.3) is 0 Å². The number of aromatic hydroxyl groups is 3. The molecule has 7 nitrogen and oxygen atoms in total. The molecule has 0 amide bonds. The molecule has 0 fully saturated rings. The number of benzene rings is 2. The number of allylic oxidation sites excluding steroid dienone is 4. The van der Waals surface area contributed by atoms with Crippen LogP contribution >= 0.6 is 0 Å². The number of esters is 1. The van der Waals surface area contributed by atoms with E-state index >= 15 is 0 Å². The molecule has 0 aromatic heterocycles. The standard InChI is InChI=1S/C36H50O7/c1-4-5-6-7-8-9-10-11-12-13-14-15-16-17-18-19-35(40)42-34-25-29-31(38)23-28(41-26(2)3)24-33(29)43-36(34)27-20-21-30(37)32(39)22-27/h8-9,11-12,20-24,26,34,36-39H,4-7,10,13-19,25H2,1-3H3/b9-8-,12-11-. The van der Waals surface area contributed by atoms with E-state index in [0.717, 1.165) is 44.9 Å². The molecule has 236 valence electrons. The summed E-state index contributed by atoms with van der Waals surface area (Å²) in [6.45, 7) is 6.01. The summed E-state index contributed by atoms with van der Waals surface area (Å²) in [6.07, 6.45) is 20.2. The third kappa shape index (κ3) is 11.5. The van der Waals surface area contributed by atoms with E-state index < -0.39 is 12.2 Å². The quantitative estimate of drug-likeness (QED) is 0.0684. The first kappa shape index (κ1) is 33.9. The molecule has 0 bridgehead atoms. The number of carbonyl (C=O) groups excluding carboxylic acids is 1. The number of fused-ring (bicyclic) bond motifs is 1. The lowest BCUT2D eigenvalue weighted by molar-refractivity contribution is -0.155. The maximum atomic E-state index is 12.9. The van der Waals surface area contributed by atoms with Gasteiger partial charge >= 0.3 is 5.97 Å². The zero-order valence-electron chi connectivity index (χ0n) is 26.1. The number of carbonyl (C=O) groups is 1. The fourth-order valence-electron chi connectivity index (χ4n) is 5.19. The molecule has 0 saturated heterocycles. The molecule has 2 atom stereocenters. The van der Waals surface area contributed by atoms with Gasteiger partial charge in [0.25, 0.3) is 0 Å². The second-order valence-electron chi connectivity index (χ2n) is 11.6. The van der Waals surface area contributed by atoms with Gasteiger partial charge in [0.15, 0.2) is 17.6 Å². The van der Waals surface area contributed by atoms with Gasteiger partial charge < -0.3 is 29.5 Å². The highest BCUT2D eigenvalue weighted by molar-refractivity contribution is 5.69. The molecule has 0 saturated carbocycles. The van der Waals surface area contributed by atoms with Crippen molar-refractivity contribution in [3.63, 3.8) is 0 Å². The summed E-state index contributed by atoms with van der Waals surface area (Å²) in [6, 6.07) is 7.65. The van der Waals surface area contributed by atoms with Crippen molar-refractivity contribution in [3.8, 4) is 28.7 Å². The topological polar surface area (TPSA) is 105 Å². The Kier molecular flexibility index (Phi) is 14.3. The number of ether oxygens (including phenoxy) is 3. The van der Waals surface area contributed by atoms with Gasteiger partial charge in [-0.3, -0.25) is 4.79 Å². The fraction of sp³-hybridized carbons (Fsp3) is 0.528. The largest absolute Gasteiger partial charge is 0.507 e. The highest BCUT2D eigenvalue weighted by atomic mass is 16.6. The molecule has 1 aliphatic heterocycles. The van der Waals surface area contributed by atoms with Crippen LogP contribution in [0.2, 0.25) is 0 Å². The summed E-state index contributed by atoms with van der Waals surface area (Å²) < 4.78 is 17.9. The fourth-order valence-corrected chi connectivity index (χ4v) is 5.19. The van der Waals surface area contributed by atoms with Gasteiger partial charge in [-0.25, -0.2) is 0 Å². The van der Waals surface area contributed by atoms with E-state index in [1.165, 1.54) is 43.9 Å². The summed E-state index contributed by atoms with van der Waals surface area (Å²) in [5.74, 6) is 0.0384. The molecule has 3 rings (SSSR count). The number of hydrogen-bond acceptors (Lipinski definition) is 7. The molecule has 7 heteroatoms. The van der Waals surface area contributed by atoms with Crippen molar-refractivity contribution in [1.29, 1.82) is 0 Å². The van der Waals surface area contributed by atoms with E-state index in [-0.39, 0.29) is 35.7 Å². The van der Waals surface area contributed by atoms with Crippen LogP contribution in [0.3, 0.4) is 0 Å². The molecular formula is C36H50O7. The molecule has 43 heavy (non-hydrogen) atoms. The number of phenolic OH excluding ortho intramolecular Hbond substituents is 3. The number of rotatable bonds is 18. The molecule has 2 aromatic rings. The van der Waals surface area contributed by atoms with Gasteiger partial charge in [-0.05, 0) is 64.5 Å². The molecule has 0 aliphatic carbocycles. The lowest BCUT2D eigenvalue weighted by atomic mass is 9.93. The van der Waals surface area contributed by atoms with Gasteiger partial charge in [0.05, 0.1) is 6.10 Å². The number of hydrogen-bond donors (Lipinski definition) is 3. The smallest absolute Gasteiger partial charge is 0.306 e. The third-order valence-electron chi connectivity index (χ3n) is 7.47. The molecule has 0 spiro atoms. The average Bonchev–Trinajstić information content (AvgIpc) is 2.96. The molecule has 1 aliphatic rings. The van der Waals surface area contributed by atoms with Gasteiger partial charge in [0.2, 0.25) is 0 Å². The minimum Gasteiger partial charge on any atom is -0.507 e. The normalized spacial score (nSPS) is 16.5. The van der Waals surface area contributed by atoms with E-state index in [4.69, 9.17) is 14.2 Å². The highest BCUT2D eigenvalue weighted by Gasteiger charge is 2.36. The summed E-state index contributed by atoms with van der Waals surface area (Å²) in [4.78, 5) is 12.9. The first-order valence-corrected chi connectivity index (χ1v) is 16.0. The number of unbranched alkanes of at least 4 members (excludes halogenated alkanes) is 8. The first-order valence-electron chi connectivity index (χ1n) is 16.0. The van der Waals surface area contributed by atoms with Crippen molar-refractivity contribution < 1.29 is 34.3 Å². The predicted molar refractivity (Wildman–Crippen MR) is 170 cm³/mol. The van der Waals surface area contributed by atoms with Gasteiger partial charge in [-0.1, -0.05) is 69.4 Å². The SMILES string of the molecule is CCCCC/C=C\C/C=C\CCCCCCCC(=O)OC1Cc2c(O)cc(OC(C)C)cc2OC1c1ccc(O)c(O)c1. The Hall–Kier alpha value is -3.61. The van der Waals surface area contributed by atoms with E-state index in [1.54, 1.807) is 12.1 Å². The second-order valence-corrected chi connectivity index (χ2v) is 11.6. The molecule has 3 N–H and O–H groups in total. The zero-order chi connectivity index (χ0) is 31.0. The third-order valence-corrected chi connectivity index (χ3v) is 7.47. The average molecular weight is 595 g/mol. The van der Waals surface area contributed by atoms with Crippen molar-refractivity contribution in [2.75, 3.05) is 0 Å². The Labute approximate surface area is 257 Å². The van der Waals surface area contributed by atoms with Crippen LogP contribution in [0.5, 0.6) is 28.7 Å². The lowest BCUT2D eigenvalue weighted by Gasteiger charge is -2.34. The van der Waals surface area contributed by atoms with Crippen LogP contribution in [0, 0.1) is 0 Å². The first-order chi connectivity index (χ1) is 20.8. The molecule has 2 unspecified atom stereocenters. The lowest BCUT2D eigenvalue weighted by Crippen LogP contribution is -2.34. The number of phenols is 3. The van der Waals surface area contributed by atoms with E-state index in [0.29, 0.717) is 29.0 Å². The Morgan fingerprint density at radius 2 is 1.58 bits per heavy atom.